The van der Waals surface area contributed by atoms with E-state index < -0.39 is 0 Å². The number of nitrogens with zero attached hydrogens (tertiary/aromatic N) is 2. The van der Waals surface area contributed by atoms with E-state index in [-0.39, 0.29) is 18.7 Å². The van der Waals surface area contributed by atoms with Crippen molar-refractivity contribution in [3.63, 3.8) is 0 Å². The summed E-state index contributed by atoms with van der Waals surface area (Å²) in [6.07, 6.45) is 1.42. The Labute approximate surface area is 99.8 Å². The molecule has 2 aromatic rings. The van der Waals surface area contributed by atoms with Crippen LogP contribution in [0.15, 0.2) is 29.0 Å². The van der Waals surface area contributed by atoms with Gasteiger partial charge in [-0.3, -0.25) is 0 Å². The molecule has 17 heavy (non-hydrogen) atoms. The number of nitrogens with two attached hydrogens (primary N) is 1. The first-order chi connectivity index (χ1) is 8.13. The maximum absolute atomic E-state index is 9.20. The molecule has 0 fully saturated rings. The standard InChI is InChI=1S/C12H17N3O2/c1-15(2)12(9(13)6-16)8-3-4-10-11(5-8)17-7-14-10/h3-5,7,9,12,16H,6,13H2,1-2H3. The third-order valence-electron chi connectivity index (χ3n) is 2.87. The number of aliphatic hydroxyl groups is 1. The monoisotopic (exact) mass is 235 g/mol. The van der Waals surface area contributed by atoms with Gasteiger partial charge < -0.3 is 20.2 Å². The molecule has 5 heteroatoms. The van der Waals surface area contributed by atoms with Crippen LogP contribution in [0.25, 0.3) is 11.1 Å². The van der Waals surface area contributed by atoms with E-state index in [1.165, 1.54) is 6.39 Å². The van der Waals surface area contributed by atoms with Crippen molar-refractivity contribution in [3.8, 4) is 0 Å². The van der Waals surface area contributed by atoms with Gasteiger partial charge in [-0.15, -0.1) is 0 Å². The minimum Gasteiger partial charge on any atom is -0.443 e. The van der Waals surface area contributed by atoms with E-state index in [0.29, 0.717) is 0 Å². The Balaban J connectivity index is 2.40. The maximum Gasteiger partial charge on any atom is 0.181 e. The summed E-state index contributed by atoms with van der Waals surface area (Å²) in [5, 5.41) is 9.20. The van der Waals surface area contributed by atoms with Gasteiger partial charge in [0.15, 0.2) is 12.0 Å². The van der Waals surface area contributed by atoms with Gasteiger partial charge in [-0.2, -0.15) is 0 Å². The predicted octanol–water partition coefficient (Wildman–Crippen LogP) is 0.750. The zero-order valence-corrected chi connectivity index (χ0v) is 10.00. The Kier molecular flexibility index (Phi) is 3.42. The molecule has 0 aliphatic rings. The van der Waals surface area contributed by atoms with Gasteiger partial charge in [-0.05, 0) is 31.8 Å². The van der Waals surface area contributed by atoms with Gasteiger partial charge in [0.05, 0.1) is 12.6 Å². The number of hydrogen-bond donors (Lipinski definition) is 2. The fraction of sp³-hybridized carbons (Fsp3) is 0.417. The van der Waals surface area contributed by atoms with Gasteiger partial charge in [0.2, 0.25) is 0 Å². The van der Waals surface area contributed by atoms with Gasteiger partial charge in [0, 0.05) is 6.04 Å². The van der Waals surface area contributed by atoms with E-state index in [2.05, 4.69) is 4.98 Å². The average Bonchev–Trinajstić information content (AvgIpc) is 2.75. The molecule has 3 N–H and O–H groups in total. The number of oxazole rings is 1. The molecule has 2 unspecified atom stereocenters. The molecular weight excluding hydrogens is 218 g/mol. The normalized spacial score (nSPS) is 15.4. The van der Waals surface area contributed by atoms with Crippen LogP contribution in [-0.4, -0.2) is 41.7 Å². The Hall–Kier alpha value is -1.43. The van der Waals surface area contributed by atoms with Gasteiger partial charge in [-0.25, -0.2) is 4.98 Å². The van der Waals surface area contributed by atoms with E-state index in [9.17, 15) is 5.11 Å². The third kappa shape index (κ3) is 2.31. The fourth-order valence-corrected chi connectivity index (χ4v) is 2.08. The largest absolute Gasteiger partial charge is 0.443 e. The first-order valence-corrected chi connectivity index (χ1v) is 5.49. The van der Waals surface area contributed by atoms with E-state index in [1.807, 2.05) is 37.2 Å². The molecule has 0 spiro atoms. The van der Waals surface area contributed by atoms with E-state index in [1.54, 1.807) is 0 Å². The van der Waals surface area contributed by atoms with Crippen molar-refractivity contribution in [1.29, 1.82) is 0 Å². The molecule has 92 valence electrons. The first-order valence-electron chi connectivity index (χ1n) is 5.49. The predicted molar refractivity (Wildman–Crippen MR) is 65.5 cm³/mol. The van der Waals surface area contributed by atoms with Crippen LogP contribution in [-0.2, 0) is 0 Å². The van der Waals surface area contributed by atoms with E-state index in [4.69, 9.17) is 10.2 Å². The molecule has 1 aromatic heterocycles. The number of aromatic nitrogens is 1. The summed E-state index contributed by atoms with van der Waals surface area (Å²) in [5.41, 5.74) is 8.50. The SMILES string of the molecule is CN(C)C(c1ccc2ncoc2c1)C(N)CO. The zero-order valence-electron chi connectivity index (χ0n) is 10.00. The molecule has 0 bridgehead atoms. The summed E-state index contributed by atoms with van der Waals surface area (Å²) >= 11 is 0. The summed E-state index contributed by atoms with van der Waals surface area (Å²) in [7, 11) is 3.87. The number of hydrogen-bond acceptors (Lipinski definition) is 5. The molecule has 1 heterocycles. The molecule has 2 rings (SSSR count). The maximum atomic E-state index is 9.20. The molecule has 2 atom stereocenters. The highest BCUT2D eigenvalue weighted by molar-refractivity contribution is 5.72. The molecule has 0 saturated carbocycles. The smallest absolute Gasteiger partial charge is 0.181 e. The zero-order chi connectivity index (χ0) is 12.4. The first kappa shape index (κ1) is 12.0. The molecule has 0 aliphatic heterocycles. The van der Waals surface area contributed by atoms with Crippen molar-refractivity contribution < 1.29 is 9.52 Å². The summed E-state index contributed by atoms with van der Waals surface area (Å²) in [4.78, 5) is 6.05. The van der Waals surface area contributed by atoms with E-state index >= 15 is 0 Å². The molecule has 0 amide bonds. The van der Waals surface area contributed by atoms with Crippen molar-refractivity contribution in [3.05, 3.63) is 30.2 Å². The van der Waals surface area contributed by atoms with Gasteiger partial charge in [-0.1, -0.05) is 6.07 Å². The van der Waals surface area contributed by atoms with Crippen LogP contribution in [0.4, 0.5) is 0 Å². The summed E-state index contributed by atoms with van der Waals surface area (Å²) in [6.45, 7) is -0.0582. The van der Waals surface area contributed by atoms with Crippen LogP contribution in [0, 0.1) is 0 Å². The van der Waals surface area contributed by atoms with Crippen molar-refractivity contribution in [2.24, 2.45) is 5.73 Å². The van der Waals surface area contributed by atoms with Crippen LogP contribution in [0.5, 0.6) is 0 Å². The number of rotatable bonds is 4. The Morgan fingerprint density at radius 2 is 2.24 bits per heavy atom. The number of aliphatic hydroxyl groups excluding tert-OH is 1. The lowest BCUT2D eigenvalue weighted by Gasteiger charge is -2.29. The second kappa shape index (κ2) is 4.83. The molecular formula is C12H17N3O2. The van der Waals surface area contributed by atoms with Crippen LogP contribution >= 0.6 is 0 Å². The minimum absolute atomic E-state index is 0.0468. The quantitative estimate of drug-likeness (QED) is 0.818. The number of fused-ring (bicyclic) bond motifs is 1. The van der Waals surface area contributed by atoms with Gasteiger partial charge in [0.25, 0.3) is 0 Å². The van der Waals surface area contributed by atoms with E-state index in [0.717, 1.165) is 16.7 Å². The number of benzene rings is 1. The lowest BCUT2D eigenvalue weighted by molar-refractivity contribution is 0.181. The second-order valence-corrected chi connectivity index (χ2v) is 4.33. The fourth-order valence-electron chi connectivity index (χ4n) is 2.08. The van der Waals surface area contributed by atoms with Crippen molar-refractivity contribution in [2.45, 2.75) is 12.1 Å². The lowest BCUT2D eigenvalue weighted by Crippen LogP contribution is -2.39. The summed E-state index contributed by atoms with van der Waals surface area (Å²) < 4.78 is 5.27. The Bertz CT molecular complexity index is 495. The van der Waals surface area contributed by atoms with Crippen LogP contribution in [0.2, 0.25) is 0 Å². The number of likely N-dealkylation sites (N-methyl/N-ethyl adjacent to an activating group) is 1. The van der Waals surface area contributed by atoms with Crippen molar-refractivity contribution in [2.75, 3.05) is 20.7 Å². The van der Waals surface area contributed by atoms with Crippen LogP contribution in [0.1, 0.15) is 11.6 Å². The molecule has 0 radical (unpaired) electrons. The highest BCUT2D eigenvalue weighted by atomic mass is 16.3. The topological polar surface area (TPSA) is 75.5 Å². The molecule has 5 nitrogen and oxygen atoms in total. The summed E-state index contributed by atoms with van der Waals surface area (Å²) in [5.74, 6) is 0. The molecule has 0 saturated heterocycles. The van der Waals surface area contributed by atoms with Crippen LogP contribution < -0.4 is 5.73 Å². The van der Waals surface area contributed by atoms with Gasteiger partial charge >= 0.3 is 0 Å². The van der Waals surface area contributed by atoms with Crippen molar-refractivity contribution in [1.82, 2.24) is 9.88 Å². The average molecular weight is 235 g/mol. The van der Waals surface area contributed by atoms with Crippen LogP contribution in [0.3, 0.4) is 0 Å². The minimum atomic E-state index is -0.328. The van der Waals surface area contributed by atoms with Crippen molar-refractivity contribution >= 4 is 11.1 Å². The molecule has 1 aromatic carbocycles. The second-order valence-electron chi connectivity index (χ2n) is 4.33. The highest BCUT2D eigenvalue weighted by Crippen LogP contribution is 2.24. The van der Waals surface area contributed by atoms with Gasteiger partial charge in [0.1, 0.15) is 5.52 Å². The molecule has 0 aliphatic carbocycles. The lowest BCUT2D eigenvalue weighted by atomic mass is 9.99. The highest BCUT2D eigenvalue weighted by Gasteiger charge is 2.22. The summed E-state index contributed by atoms with van der Waals surface area (Å²) in [6, 6.07) is 5.40. The Morgan fingerprint density at radius 3 is 2.88 bits per heavy atom. The Morgan fingerprint density at radius 1 is 1.47 bits per heavy atom. The third-order valence-corrected chi connectivity index (χ3v) is 2.87.